The van der Waals surface area contributed by atoms with Crippen LogP contribution >= 0.6 is 11.6 Å². The second kappa shape index (κ2) is 5.45. The number of rotatable bonds is 2. The molecule has 0 aliphatic carbocycles. The highest BCUT2D eigenvalue weighted by Gasteiger charge is 2.07. The first kappa shape index (κ1) is 12.4. The number of hydrogen-bond donors (Lipinski definition) is 1. The van der Waals surface area contributed by atoms with Crippen molar-refractivity contribution in [2.45, 2.75) is 0 Å². The van der Waals surface area contributed by atoms with Crippen LogP contribution in [-0.2, 0) is 0 Å². The minimum Gasteiger partial charge on any atom is -0.344 e. The minimum atomic E-state index is -0.00176. The third-order valence-corrected chi connectivity index (χ3v) is 2.36. The molecular formula is C13H12ClNO. The van der Waals surface area contributed by atoms with Crippen molar-refractivity contribution in [1.82, 2.24) is 6.15 Å². The lowest BCUT2D eigenvalue weighted by Gasteiger charge is -2.00. The van der Waals surface area contributed by atoms with Gasteiger partial charge in [-0.25, -0.2) is 0 Å². The molecule has 2 aromatic carbocycles. The van der Waals surface area contributed by atoms with Gasteiger partial charge in [0, 0.05) is 16.1 Å². The summed E-state index contributed by atoms with van der Waals surface area (Å²) in [6.45, 7) is 0. The Bertz CT molecular complexity index is 482. The molecule has 0 spiro atoms. The molecule has 0 saturated carbocycles. The van der Waals surface area contributed by atoms with Gasteiger partial charge in [-0.2, -0.15) is 0 Å². The van der Waals surface area contributed by atoms with E-state index in [2.05, 4.69) is 0 Å². The molecule has 0 radical (unpaired) electrons. The third kappa shape index (κ3) is 2.69. The summed E-state index contributed by atoms with van der Waals surface area (Å²) < 4.78 is 0. The van der Waals surface area contributed by atoms with Crippen LogP contribution in [0.2, 0.25) is 5.02 Å². The first-order chi connectivity index (χ1) is 7.27. The molecule has 0 atom stereocenters. The molecule has 3 N–H and O–H groups in total. The average molecular weight is 234 g/mol. The molecule has 16 heavy (non-hydrogen) atoms. The van der Waals surface area contributed by atoms with Crippen LogP contribution in [0.1, 0.15) is 15.9 Å². The zero-order valence-corrected chi connectivity index (χ0v) is 9.45. The van der Waals surface area contributed by atoms with E-state index in [4.69, 9.17) is 11.6 Å². The summed E-state index contributed by atoms with van der Waals surface area (Å²) in [4.78, 5) is 11.9. The Kier molecular flexibility index (Phi) is 4.23. The van der Waals surface area contributed by atoms with Crippen LogP contribution in [0.4, 0.5) is 0 Å². The largest absolute Gasteiger partial charge is 0.344 e. The molecule has 0 amide bonds. The molecule has 0 unspecified atom stereocenters. The first-order valence-electron chi connectivity index (χ1n) is 4.63. The maximum atomic E-state index is 11.9. The molecule has 2 aromatic rings. The van der Waals surface area contributed by atoms with E-state index < -0.39 is 0 Å². The second-order valence-electron chi connectivity index (χ2n) is 3.21. The SMILES string of the molecule is N.O=C(c1ccccc1)c1cccc(Cl)c1. The van der Waals surface area contributed by atoms with Crippen LogP contribution in [-0.4, -0.2) is 5.78 Å². The molecule has 0 heterocycles. The highest BCUT2D eigenvalue weighted by Crippen LogP contribution is 2.14. The van der Waals surface area contributed by atoms with Crippen molar-refractivity contribution in [2.75, 3.05) is 0 Å². The van der Waals surface area contributed by atoms with Gasteiger partial charge < -0.3 is 6.15 Å². The van der Waals surface area contributed by atoms with Gasteiger partial charge in [-0.05, 0) is 12.1 Å². The van der Waals surface area contributed by atoms with Gasteiger partial charge >= 0.3 is 0 Å². The van der Waals surface area contributed by atoms with E-state index in [9.17, 15) is 4.79 Å². The van der Waals surface area contributed by atoms with E-state index in [1.807, 2.05) is 18.2 Å². The lowest BCUT2D eigenvalue weighted by Crippen LogP contribution is -2.00. The standard InChI is InChI=1S/C13H9ClO.H3N/c14-12-8-4-7-11(9-12)13(15)10-5-2-1-3-6-10;/h1-9H;1H3. The van der Waals surface area contributed by atoms with Crippen LogP contribution in [0.15, 0.2) is 54.6 Å². The van der Waals surface area contributed by atoms with Gasteiger partial charge in [-0.15, -0.1) is 0 Å². The van der Waals surface area contributed by atoms with Crippen LogP contribution in [0.25, 0.3) is 0 Å². The van der Waals surface area contributed by atoms with Gasteiger partial charge in [0.15, 0.2) is 5.78 Å². The number of carbonyl (C=O) groups excluding carboxylic acids is 1. The van der Waals surface area contributed by atoms with E-state index in [1.165, 1.54) is 0 Å². The number of ketones is 1. The molecule has 2 rings (SSSR count). The predicted octanol–water partition coefficient (Wildman–Crippen LogP) is 3.73. The highest BCUT2D eigenvalue weighted by molar-refractivity contribution is 6.31. The summed E-state index contributed by atoms with van der Waals surface area (Å²) in [5.41, 5.74) is 1.30. The lowest BCUT2D eigenvalue weighted by molar-refractivity contribution is 0.103. The minimum absolute atomic E-state index is 0. The Morgan fingerprint density at radius 2 is 1.50 bits per heavy atom. The Hall–Kier alpha value is -1.64. The van der Waals surface area contributed by atoms with Crippen LogP contribution in [0.3, 0.4) is 0 Å². The van der Waals surface area contributed by atoms with Gasteiger partial charge in [0.25, 0.3) is 0 Å². The van der Waals surface area contributed by atoms with Crippen molar-refractivity contribution in [3.63, 3.8) is 0 Å². The fraction of sp³-hybridized carbons (Fsp3) is 0. The third-order valence-electron chi connectivity index (χ3n) is 2.12. The van der Waals surface area contributed by atoms with Gasteiger partial charge in [-0.1, -0.05) is 54.1 Å². The monoisotopic (exact) mass is 233 g/mol. The smallest absolute Gasteiger partial charge is 0.193 e. The molecule has 2 nitrogen and oxygen atoms in total. The van der Waals surface area contributed by atoms with Gasteiger partial charge in [-0.3, -0.25) is 4.79 Å². The highest BCUT2D eigenvalue weighted by atomic mass is 35.5. The van der Waals surface area contributed by atoms with E-state index in [0.29, 0.717) is 16.1 Å². The second-order valence-corrected chi connectivity index (χ2v) is 3.64. The molecule has 82 valence electrons. The van der Waals surface area contributed by atoms with Crippen LogP contribution < -0.4 is 6.15 Å². The maximum Gasteiger partial charge on any atom is 0.193 e. The fourth-order valence-electron chi connectivity index (χ4n) is 1.39. The number of benzene rings is 2. The average Bonchev–Trinajstić information content (AvgIpc) is 2.29. The molecular weight excluding hydrogens is 222 g/mol. The van der Waals surface area contributed by atoms with Crippen molar-refractivity contribution in [3.05, 3.63) is 70.7 Å². The van der Waals surface area contributed by atoms with Crippen molar-refractivity contribution in [1.29, 1.82) is 0 Å². The molecule has 0 bridgehead atoms. The predicted molar refractivity (Wildman–Crippen MR) is 66.3 cm³/mol. The summed E-state index contributed by atoms with van der Waals surface area (Å²) in [6, 6.07) is 16.1. The van der Waals surface area contributed by atoms with Crippen molar-refractivity contribution in [3.8, 4) is 0 Å². The van der Waals surface area contributed by atoms with E-state index >= 15 is 0 Å². The first-order valence-corrected chi connectivity index (χ1v) is 5.00. The lowest BCUT2D eigenvalue weighted by atomic mass is 10.0. The normalized spacial score (nSPS) is 9.31. The molecule has 0 fully saturated rings. The summed E-state index contributed by atoms with van der Waals surface area (Å²) >= 11 is 5.82. The van der Waals surface area contributed by atoms with Crippen LogP contribution in [0, 0.1) is 0 Å². The Balaban J connectivity index is 0.00000128. The molecule has 3 heteroatoms. The molecule has 0 aliphatic heterocycles. The summed E-state index contributed by atoms with van der Waals surface area (Å²) in [5.74, 6) is -0.00176. The van der Waals surface area contributed by atoms with E-state index in [0.717, 1.165) is 0 Å². The van der Waals surface area contributed by atoms with Gasteiger partial charge in [0.2, 0.25) is 0 Å². The van der Waals surface area contributed by atoms with Crippen molar-refractivity contribution < 1.29 is 4.79 Å². The zero-order valence-electron chi connectivity index (χ0n) is 8.69. The summed E-state index contributed by atoms with van der Waals surface area (Å²) in [5, 5.41) is 0.580. The van der Waals surface area contributed by atoms with Gasteiger partial charge in [0.1, 0.15) is 0 Å². The van der Waals surface area contributed by atoms with Gasteiger partial charge in [0.05, 0.1) is 0 Å². The molecule has 0 aromatic heterocycles. The zero-order chi connectivity index (χ0) is 10.7. The van der Waals surface area contributed by atoms with E-state index in [-0.39, 0.29) is 11.9 Å². The fourth-order valence-corrected chi connectivity index (χ4v) is 1.58. The Morgan fingerprint density at radius 3 is 2.12 bits per heavy atom. The Morgan fingerprint density at radius 1 is 0.875 bits per heavy atom. The number of halogens is 1. The summed E-state index contributed by atoms with van der Waals surface area (Å²) in [7, 11) is 0. The number of carbonyl (C=O) groups is 1. The van der Waals surface area contributed by atoms with Crippen LogP contribution in [0.5, 0.6) is 0 Å². The molecule has 0 saturated heterocycles. The quantitative estimate of drug-likeness (QED) is 0.804. The topological polar surface area (TPSA) is 52.1 Å². The van der Waals surface area contributed by atoms with Crippen molar-refractivity contribution in [2.24, 2.45) is 0 Å². The molecule has 0 aliphatic rings. The Labute approximate surface area is 99.5 Å². The maximum absolute atomic E-state index is 11.9. The number of hydrogen-bond acceptors (Lipinski definition) is 2. The summed E-state index contributed by atoms with van der Waals surface area (Å²) in [6.07, 6.45) is 0. The van der Waals surface area contributed by atoms with Crippen molar-refractivity contribution >= 4 is 17.4 Å². The van der Waals surface area contributed by atoms with E-state index in [1.54, 1.807) is 36.4 Å².